The maximum absolute atomic E-state index is 6.32. The number of rotatable bonds is 14. The van der Waals surface area contributed by atoms with Gasteiger partial charge in [-0.05, 0) is 86.5 Å². The second-order valence-electron chi connectivity index (χ2n) is 11.5. The van der Waals surface area contributed by atoms with E-state index in [9.17, 15) is 0 Å². The first-order chi connectivity index (χ1) is 12.8. The van der Waals surface area contributed by atoms with E-state index in [1.165, 1.54) is 0 Å². The third-order valence-corrected chi connectivity index (χ3v) is 6.68. The van der Waals surface area contributed by atoms with Crippen LogP contribution in [0.5, 0.6) is 0 Å². The van der Waals surface area contributed by atoms with Crippen molar-refractivity contribution in [2.45, 2.75) is 131 Å². The molecule has 0 aromatic rings. The first-order valence-corrected chi connectivity index (χ1v) is 11.3. The van der Waals surface area contributed by atoms with Crippen LogP contribution in [0.3, 0.4) is 0 Å². The van der Waals surface area contributed by atoms with Crippen LogP contribution < -0.4 is 11.5 Å². The Morgan fingerprint density at radius 2 is 1.34 bits per heavy atom. The van der Waals surface area contributed by atoms with E-state index in [0.717, 1.165) is 12.8 Å². The zero-order chi connectivity index (χ0) is 23.3. The summed E-state index contributed by atoms with van der Waals surface area (Å²) in [4.78, 5) is 0. The molecule has 0 heterocycles. The summed E-state index contributed by atoms with van der Waals surface area (Å²) in [6.07, 6.45) is 1.74. The molecule has 4 atom stereocenters. The van der Waals surface area contributed by atoms with Gasteiger partial charge in [-0.3, -0.25) is 0 Å². The van der Waals surface area contributed by atoms with Gasteiger partial charge < -0.3 is 25.7 Å². The molecule has 0 saturated carbocycles. The Morgan fingerprint density at radius 3 is 1.79 bits per heavy atom. The molecule has 0 bridgehead atoms. The molecule has 5 nitrogen and oxygen atoms in total. The first-order valence-electron chi connectivity index (χ1n) is 11.3. The highest BCUT2D eigenvalue weighted by Crippen LogP contribution is 2.38. The molecule has 176 valence electrons. The molecule has 0 fully saturated rings. The average Bonchev–Trinajstić information content (AvgIpc) is 2.49. The lowest BCUT2D eigenvalue weighted by Gasteiger charge is -2.43. The Kier molecular flexibility index (Phi) is 10.8. The van der Waals surface area contributed by atoms with Gasteiger partial charge in [-0.2, -0.15) is 0 Å². The van der Waals surface area contributed by atoms with E-state index in [0.29, 0.717) is 13.2 Å². The minimum absolute atomic E-state index is 0.00348. The van der Waals surface area contributed by atoms with Gasteiger partial charge in [0, 0.05) is 18.2 Å². The number of hydrogen-bond donors (Lipinski definition) is 2. The van der Waals surface area contributed by atoms with Crippen LogP contribution in [0.4, 0.5) is 0 Å². The van der Waals surface area contributed by atoms with Gasteiger partial charge >= 0.3 is 0 Å². The van der Waals surface area contributed by atoms with Crippen molar-refractivity contribution in [1.82, 2.24) is 0 Å². The van der Waals surface area contributed by atoms with Crippen molar-refractivity contribution < 1.29 is 14.2 Å². The maximum atomic E-state index is 6.32. The van der Waals surface area contributed by atoms with Crippen LogP contribution in [0.25, 0.3) is 0 Å². The fourth-order valence-corrected chi connectivity index (χ4v) is 3.10. The quantitative estimate of drug-likeness (QED) is 0.421. The molecule has 0 saturated heterocycles. The van der Waals surface area contributed by atoms with Gasteiger partial charge in [0.15, 0.2) is 0 Å². The summed E-state index contributed by atoms with van der Waals surface area (Å²) in [5.41, 5.74) is 11.3. The van der Waals surface area contributed by atoms with Crippen LogP contribution in [0.2, 0.25) is 0 Å². The number of hydrogen-bond acceptors (Lipinski definition) is 5. The summed E-state index contributed by atoms with van der Waals surface area (Å²) in [7, 11) is 0. The summed E-state index contributed by atoms with van der Waals surface area (Å²) in [5.74, 6) is 0.284. The molecule has 29 heavy (non-hydrogen) atoms. The van der Waals surface area contributed by atoms with E-state index >= 15 is 0 Å². The van der Waals surface area contributed by atoms with Gasteiger partial charge in [-0.25, -0.2) is 0 Å². The molecule has 0 aromatic heterocycles. The van der Waals surface area contributed by atoms with Crippen LogP contribution in [-0.2, 0) is 14.2 Å². The third kappa shape index (κ3) is 10.6. The molecule has 0 radical (unpaired) electrons. The predicted octanol–water partition coefficient (Wildman–Crippen LogP) is 4.90. The SMILES string of the molecule is CC(N)CC(C)(C)OC(C)C(C)OCCC(C)(C)C(C)(C)OCC(C)C(C)(C)N. The van der Waals surface area contributed by atoms with E-state index in [1.807, 2.05) is 20.8 Å². The second kappa shape index (κ2) is 10.9. The predicted molar refractivity (Wildman–Crippen MR) is 124 cm³/mol. The van der Waals surface area contributed by atoms with Gasteiger partial charge in [-0.1, -0.05) is 20.8 Å². The molecular weight excluding hydrogens is 364 g/mol. The molecule has 0 aromatic carbocycles. The summed E-state index contributed by atoms with van der Waals surface area (Å²) >= 11 is 0. The summed E-state index contributed by atoms with van der Waals surface area (Å²) in [6, 6.07) is 0.115. The molecule has 0 aliphatic rings. The van der Waals surface area contributed by atoms with Crippen molar-refractivity contribution in [2.75, 3.05) is 13.2 Å². The Hall–Kier alpha value is -0.200. The topological polar surface area (TPSA) is 79.7 Å². The molecular formula is C24H52N2O3. The van der Waals surface area contributed by atoms with E-state index in [4.69, 9.17) is 25.7 Å². The van der Waals surface area contributed by atoms with Crippen molar-refractivity contribution in [2.24, 2.45) is 22.8 Å². The van der Waals surface area contributed by atoms with Crippen LogP contribution in [0.15, 0.2) is 0 Å². The summed E-state index contributed by atoms with van der Waals surface area (Å²) < 4.78 is 18.7. The van der Waals surface area contributed by atoms with E-state index in [1.54, 1.807) is 0 Å². The minimum Gasteiger partial charge on any atom is -0.376 e. The molecule has 4 unspecified atom stereocenters. The molecule has 0 aliphatic carbocycles. The Morgan fingerprint density at radius 1 is 0.828 bits per heavy atom. The Bertz CT molecular complexity index is 467. The number of nitrogens with two attached hydrogens (primary N) is 2. The minimum atomic E-state index is -0.277. The summed E-state index contributed by atoms with van der Waals surface area (Å²) in [5, 5.41) is 0. The fourth-order valence-electron chi connectivity index (χ4n) is 3.10. The van der Waals surface area contributed by atoms with Gasteiger partial charge in [-0.15, -0.1) is 0 Å². The van der Waals surface area contributed by atoms with Gasteiger partial charge in [0.25, 0.3) is 0 Å². The van der Waals surface area contributed by atoms with Gasteiger partial charge in [0.2, 0.25) is 0 Å². The highest BCUT2D eigenvalue weighted by Gasteiger charge is 2.39. The van der Waals surface area contributed by atoms with Crippen molar-refractivity contribution >= 4 is 0 Å². The average molecular weight is 417 g/mol. The molecule has 0 spiro atoms. The van der Waals surface area contributed by atoms with Crippen molar-refractivity contribution in [3.63, 3.8) is 0 Å². The standard InChI is InChI=1S/C24H52N2O3/c1-17(23(9,10)26)16-28-24(11,12)21(5,6)13-14-27-19(3)20(4)29-22(7,8)15-18(2)25/h17-20H,13-16,25-26H2,1-12H3. The lowest BCUT2D eigenvalue weighted by molar-refractivity contribution is -0.142. The second-order valence-corrected chi connectivity index (χ2v) is 11.5. The number of ether oxygens (including phenoxy) is 3. The van der Waals surface area contributed by atoms with Gasteiger partial charge in [0.1, 0.15) is 0 Å². The lowest BCUT2D eigenvalue weighted by atomic mass is 9.74. The van der Waals surface area contributed by atoms with Crippen molar-refractivity contribution in [1.29, 1.82) is 0 Å². The Labute approximate surface area is 181 Å². The van der Waals surface area contributed by atoms with Crippen LogP contribution >= 0.6 is 0 Å². The fraction of sp³-hybridized carbons (Fsp3) is 1.00. The Balaban J connectivity index is 4.60. The molecule has 5 heteroatoms. The monoisotopic (exact) mass is 416 g/mol. The van der Waals surface area contributed by atoms with Gasteiger partial charge in [0.05, 0.1) is 30.0 Å². The maximum Gasteiger partial charge on any atom is 0.0813 e. The first kappa shape index (κ1) is 28.8. The van der Waals surface area contributed by atoms with Crippen molar-refractivity contribution in [3.8, 4) is 0 Å². The largest absolute Gasteiger partial charge is 0.376 e. The van der Waals surface area contributed by atoms with Crippen LogP contribution in [0, 0.1) is 11.3 Å². The molecule has 0 amide bonds. The highest BCUT2D eigenvalue weighted by molar-refractivity contribution is 4.89. The molecule has 4 N–H and O–H groups in total. The molecule has 0 aliphatic heterocycles. The highest BCUT2D eigenvalue weighted by atomic mass is 16.6. The zero-order valence-electron chi connectivity index (χ0n) is 21.5. The zero-order valence-corrected chi connectivity index (χ0v) is 21.5. The van der Waals surface area contributed by atoms with E-state index in [-0.39, 0.29) is 46.3 Å². The van der Waals surface area contributed by atoms with Crippen LogP contribution in [0.1, 0.15) is 95.9 Å². The molecule has 0 rings (SSSR count). The summed E-state index contributed by atoms with van der Waals surface area (Å²) in [6.45, 7) is 26.7. The normalized spacial score (nSPS) is 18.4. The van der Waals surface area contributed by atoms with E-state index in [2.05, 4.69) is 62.3 Å². The van der Waals surface area contributed by atoms with E-state index < -0.39 is 0 Å². The lowest BCUT2D eigenvalue weighted by Crippen LogP contribution is -2.47. The smallest absolute Gasteiger partial charge is 0.0813 e. The third-order valence-electron chi connectivity index (χ3n) is 6.68. The van der Waals surface area contributed by atoms with Crippen molar-refractivity contribution in [3.05, 3.63) is 0 Å². The van der Waals surface area contributed by atoms with Crippen LogP contribution in [-0.4, -0.2) is 48.2 Å².